The number of aromatic amines is 1. The van der Waals surface area contributed by atoms with E-state index in [-0.39, 0.29) is 5.91 Å². The second kappa shape index (κ2) is 8.11. The molecule has 0 spiro atoms. The van der Waals surface area contributed by atoms with Crippen molar-refractivity contribution in [3.8, 4) is 5.69 Å². The minimum Gasteiger partial charge on any atom is -0.342 e. The first kappa shape index (κ1) is 20.2. The summed E-state index contributed by atoms with van der Waals surface area (Å²) in [5.74, 6) is 3.05. The highest BCUT2D eigenvalue weighted by Gasteiger charge is 2.31. The standard InChI is InChI=1S/C23H27ClN6O/c1-14-20(15(2)30(28-14)19-7-5-18(24)6-8-19)13-21(31)29-11-9-17(10-12-29)23-25-22(26-27-23)16-3-4-16/h5-8,16-17H,3-4,9-13H2,1-2H3,(H,25,26,27). The highest BCUT2D eigenvalue weighted by atomic mass is 35.5. The van der Waals surface area contributed by atoms with Gasteiger partial charge >= 0.3 is 0 Å². The molecule has 1 aliphatic heterocycles. The van der Waals surface area contributed by atoms with Gasteiger partial charge in [-0.3, -0.25) is 9.89 Å². The molecule has 2 aliphatic rings. The number of nitrogens with one attached hydrogen (secondary N) is 1. The van der Waals surface area contributed by atoms with Gasteiger partial charge in [-0.15, -0.1) is 0 Å². The zero-order valence-corrected chi connectivity index (χ0v) is 18.7. The zero-order chi connectivity index (χ0) is 21.5. The van der Waals surface area contributed by atoms with Crippen molar-refractivity contribution in [3.05, 3.63) is 57.9 Å². The van der Waals surface area contributed by atoms with Gasteiger partial charge in [0.1, 0.15) is 5.82 Å². The highest BCUT2D eigenvalue weighted by molar-refractivity contribution is 6.30. The van der Waals surface area contributed by atoms with Gasteiger partial charge in [0.25, 0.3) is 0 Å². The molecule has 3 aromatic rings. The third kappa shape index (κ3) is 4.11. The molecule has 2 fully saturated rings. The molecule has 3 heterocycles. The second-order valence-electron chi connectivity index (χ2n) is 8.72. The number of likely N-dealkylation sites (tertiary alicyclic amines) is 1. The van der Waals surface area contributed by atoms with Crippen LogP contribution in [-0.2, 0) is 11.2 Å². The molecule has 1 amide bonds. The number of hydrogen-bond acceptors (Lipinski definition) is 4. The lowest BCUT2D eigenvalue weighted by atomic mass is 9.95. The smallest absolute Gasteiger partial charge is 0.227 e. The molecule has 1 aliphatic carbocycles. The van der Waals surface area contributed by atoms with Crippen LogP contribution in [0.2, 0.25) is 5.02 Å². The van der Waals surface area contributed by atoms with E-state index < -0.39 is 0 Å². The van der Waals surface area contributed by atoms with E-state index in [1.165, 1.54) is 12.8 Å². The number of amides is 1. The monoisotopic (exact) mass is 438 g/mol. The number of H-pyrrole nitrogens is 1. The van der Waals surface area contributed by atoms with Crippen LogP contribution in [0.25, 0.3) is 5.69 Å². The van der Waals surface area contributed by atoms with Gasteiger partial charge in [0.2, 0.25) is 5.91 Å². The van der Waals surface area contributed by atoms with Crippen molar-refractivity contribution in [2.45, 2.75) is 57.8 Å². The highest BCUT2D eigenvalue weighted by Crippen LogP contribution is 2.38. The van der Waals surface area contributed by atoms with E-state index >= 15 is 0 Å². The minimum absolute atomic E-state index is 0.163. The molecule has 5 rings (SSSR count). The minimum atomic E-state index is 0.163. The van der Waals surface area contributed by atoms with Gasteiger partial charge < -0.3 is 4.90 Å². The molecule has 0 unspecified atom stereocenters. The molecule has 2 aromatic heterocycles. The van der Waals surface area contributed by atoms with E-state index in [2.05, 4.69) is 15.3 Å². The summed E-state index contributed by atoms with van der Waals surface area (Å²) in [5.41, 5.74) is 3.84. The Bertz CT molecular complexity index is 1090. The summed E-state index contributed by atoms with van der Waals surface area (Å²) in [6, 6.07) is 7.58. The summed E-state index contributed by atoms with van der Waals surface area (Å²) in [7, 11) is 0. The van der Waals surface area contributed by atoms with Crippen molar-refractivity contribution >= 4 is 17.5 Å². The molecular formula is C23H27ClN6O. The molecule has 31 heavy (non-hydrogen) atoms. The number of carbonyl (C=O) groups is 1. The van der Waals surface area contributed by atoms with Crippen molar-refractivity contribution in [2.75, 3.05) is 13.1 Å². The van der Waals surface area contributed by atoms with Crippen molar-refractivity contribution in [2.24, 2.45) is 0 Å². The van der Waals surface area contributed by atoms with Crippen molar-refractivity contribution < 1.29 is 4.79 Å². The number of benzene rings is 1. The lowest BCUT2D eigenvalue weighted by molar-refractivity contribution is -0.131. The summed E-state index contributed by atoms with van der Waals surface area (Å²) in [5, 5.41) is 12.9. The Morgan fingerprint density at radius 3 is 2.48 bits per heavy atom. The Labute approximate surface area is 186 Å². The van der Waals surface area contributed by atoms with E-state index in [0.717, 1.165) is 60.2 Å². The Kier molecular flexibility index (Phi) is 5.30. The van der Waals surface area contributed by atoms with Crippen LogP contribution >= 0.6 is 11.6 Å². The summed E-state index contributed by atoms with van der Waals surface area (Å²) in [6.45, 7) is 5.50. The fraction of sp³-hybridized carbons (Fsp3) is 0.478. The van der Waals surface area contributed by atoms with Gasteiger partial charge in [-0.1, -0.05) is 11.6 Å². The first-order valence-electron chi connectivity index (χ1n) is 11.0. The molecule has 0 radical (unpaired) electrons. The number of aryl methyl sites for hydroxylation is 1. The quantitative estimate of drug-likeness (QED) is 0.650. The largest absolute Gasteiger partial charge is 0.342 e. The van der Waals surface area contributed by atoms with Crippen molar-refractivity contribution in [1.82, 2.24) is 29.9 Å². The summed E-state index contributed by atoms with van der Waals surface area (Å²) in [4.78, 5) is 19.7. The predicted molar refractivity (Wildman–Crippen MR) is 119 cm³/mol. The number of hydrogen-bond donors (Lipinski definition) is 1. The lowest BCUT2D eigenvalue weighted by Crippen LogP contribution is -2.39. The van der Waals surface area contributed by atoms with Gasteiger partial charge in [-0.2, -0.15) is 10.2 Å². The number of rotatable bonds is 5. The molecule has 0 atom stereocenters. The lowest BCUT2D eigenvalue weighted by Gasteiger charge is -2.31. The number of piperidine rings is 1. The molecule has 1 N–H and O–H groups in total. The van der Waals surface area contributed by atoms with Crippen LogP contribution in [-0.4, -0.2) is 48.9 Å². The Morgan fingerprint density at radius 1 is 1.10 bits per heavy atom. The SMILES string of the molecule is Cc1nn(-c2ccc(Cl)cc2)c(C)c1CC(=O)N1CCC(c2nc(C3CC3)n[nH]2)CC1. The second-order valence-corrected chi connectivity index (χ2v) is 9.16. The van der Waals surface area contributed by atoms with E-state index in [0.29, 0.717) is 23.3 Å². The Morgan fingerprint density at radius 2 is 1.81 bits per heavy atom. The van der Waals surface area contributed by atoms with E-state index in [1.54, 1.807) is 0 Å². The Balaban J connectivity index is 1.23. The summed E-state index contributed by atoms with van der Waals surface area (Å²) >= 11 is 6.01. The van der Waals surface area contributed by atoms with Gasteiger partial charge in [0.05, 0.1) is 17.8 Å². The molecule has 0 bridgehead atoms. The summed E-state index contributed by atoms with van der Waals surface area (Å²) < 4.78 is 1.89. The maximum Gasteiger partial charge on any atom is 0.227 e. The van der Waals surface area contributed by atoms with E-state index in [4.69, 9.17) is 16.6 Å². The molecule has 7 nitrogen and oxygen atoms in total. The maximum absolute atomic E-state index is 13.0. The third-order valence-corrected chi connectivity index (χ3v) is 6.79. The first-order chi connectivity index (χ1) is 15.0. The van der Waals surface area contributed by atoms with Crippen LogP contribution in [0, 0.1) is 13.8 Å². The first-order valence-corrected chi connectivity index (χ1v) is 11.4. The predicted octanol–water partition coefficient (Wildman–Crippen LogP) is 4.09. The third-order valence-electron chi connectivity index (χ3n) is 6.54. The molecular weight excluding hydrogens is 412 g/mol. The fourth-order valence-electron chi connectivity index (χ4n) is 4.42. The normalized spacial score (nSPS) is 17.3. The van der Waals surface area contributed by atoms with Crippen LogP contribution < -0.4 is 0 Å². The van der Waals surface area contributed by atoms with Crippen LogP contribution in [0.4, 0.5) is 0 Å². The fourth-order valence-corrected chi connectivity index (χ4v) is 4.55. The van der Waals surface area contributed by atoms with Crippen LogP contribution in [0.5, 0.6) is 0 Å². The van der Waals surface area contributed by atoms with Gasteiger partial charge in [-0.05, 0) is 63.8 Å². The average molecular weight is 439 g/mol. The number of aromatic nitrogens is 5. The maximum atomic E-state index is 13.0. The van der Waals surface area contributed by atoms with Gasteiger partial charge in [-0.25, -0.2) is 9.67 Å². The summed E-state index contributed by atoms with van der Waals surface area (Å²) in [6.07, 6.45) is 4.64. The number of halogens is 1. The molecule has 1 saturated carbocycles. The van der Waals surface area contributed by atoms with E-state index in [9.17, 15) is 4.79 Å². The van der Waals surface area contributed by atoms with Crippen LogP contribution in [0.15, 0.2) is 24.3 Å². The molecule has 1 aromatic carbocycles. The Hall–Kier alpha value is -2.67. The zero-order valence-electron chi connectivity index (χ0n) is 17.9. The number of carbonyl (C=O) groups excluding carboxylic acids is 1. The van der Waals surface area contributed by atoms with Gasteiger partial charge in [0, 0.05) is 41.2 Å². The topological polar surface area (TPSA) is 79.7 Å². The number of nitrogens with zero attached hydrogens (tertiary/aromatic N) is 5. The van der Waals surface area contributed by atoms with Gasteiger partial charge in [0.15, 0.2) is 5.82 Å². The molecule has 1 saturated heterocycles. The molecule has 8 heteroatoms. The van der Waals surface area contributed by atoms with Crippen molar-refractivity contribution in [3.63, 3.8) is 0 Å². The van der Waals surface area contributed by atoms with E-state index in [1.807, 2.05) is 47.7 Å². The average Bonchev–Trinajstić information content (AvgIpc) is 3.45. The van der Waals surface area contributed by atoms with Crippen LogP contribution in [0.1, 0.15) is 66.1 Å². The molecule has 162 valence electrons. The van der Waals surface area contributed by atoms with Crippen molar-refractivity contribution in [1.29, 1.82) is 0 Å². The van der Waals surface area contributed by atoms with Crippen LogP contribution in [0.3, 0.4) is 0 Å².